The van der Waals surface area contributed by atoms with Crippen molar-refractivity contribution in [3.63, 3.8) is 0 Å². The second kappa shape index (κ2) is 7.96. The molecule has 114 valence electrons. The highest BCUT2D eigenvalue weighted by atomic mass is 79.9. The van der Waals surface area contributed by atoms with E-state index < -0.39 is 0 Å². The zero-order chi connectivity index (χ0) is 15.9. The Morgan fingerprint density at radius 3 is 2.45 bits per heavy atom. The molecule has 0 unspecified atom stereocenters. The van der Waals surface area contributed by atoms with Gasteiger partial charge in [0.2, 0.25) is 5.91 Å². The Labute approximate surface area is 142 Å². The van der Waals surface area contributed by atoms with Gasteiger partial charge >= 0.3 is 0 Å². The molecule has 6 heteroatoms. The zero-order valence-electron chi connectivity index (χ0n) is 11.6. The molecule has 2 rings (SSSR count). The van der Waals surface area contributed by atoms with E-state index in [1.165, 1.54) is 0 Å². The first kappa shape index (κ1) is 16.5. The number of hydrogen-bond acceptors (Lipinski definition) is 2. The summed E-state index contributed by atoms with van der Waals surface area (Å²) in [4.78, 5) is 23.8. The maximum absolute atomic E-state index is 11.9. The average Bonchev–Trinajstić information content (AvgIpc) is 2.50. The van der Waals surface area contributed by atoms with Crippen LogP contribution in [0.1, 0.15) is 16.8 Å². The van der Waals surface area contributed by atoms with E-state index in [1.54, 1.807) is 30.3 Å². The van der Waals surface area contributed by atoms with Gasteiger partial charge in [-0.15, -0.1) is 0 Å². The Bertz CT molecular complexity index is 691. The van der Waals surface area contributed by atoms with E-state index in [0.29, 0.717) is 16.3 Å². The van der Waals surface area contributed by atoms with Gasteiger partial charge in [-0.2, -0.15) is 0 Å². The number of carbonyl (C=O) groups excluding carboxylic acids is 2. The van der Waals surface area contributed by atoms with E-state index in [9.17, 15) is 9.59 Å². The minimum absolute atomic E-state index is 0.175. The molecule has 2 aromatic carbocycles. The Morgan fingerprint density at radius 2 is 1.73 bits per heavy atom. The van der Waals surface area contributed by atoms with Crippen LogP contribution in [0.25, 0.3) is 0 Å². The lowest BCUT2D eigenvalue weighted by atomic mass is 10.2. The van der Waals surface area contributed by atoms with Crippen molar-refractivity contribution in [3.8, 4) is 0 Å². The molecule has 0 radical (unpaired) electrons. The molecule has 2 N–H and O–H groups in total. The summed E-state index contributed by atoms with van der Waals surface area (Å²) in [6.45, 7) is 0.236. The van der Waals surface area contributed by atoms with Gasteiger partial charge in [-0.1, -0.05) is 35.9 Å². The van der Waals surface area contributed by atoms with Gasteiger partial charge in [0.15, 0.2) is 0 Å². The van der Waals surface area contributed by atoms with Crippen LogP contribution in [0.15, 0.2) is 53.0 Å². The van der Waals surface area contributed by atoms with E-state index in [4.69, 9.17) is 11.6 Å². The van der Waals surface area contributed by atoms with Gasteiger partial charge in [0.25, 0.3) is 5.91 Å². The lowest BCUT2D eigenvalue weighted by Crippen LogP contribution is -2.27. The highest BCUT2D eigenvalue weighted by Crippen LogP contribution is 2.21. The van der Waals surface area contributed by atoms with E-state index in [-0.39, 0.29) is 24.8 Å². The van der Waals surface area contributed by atoms with Crippen molar-refractivity contribution in [2.45, 2.75) is 6.42 Å². The van der Waals surface area contributed by atoms with Crippen molar-refractivity contribution in [2.75, 3.05) is 11.9 Å². The molecule has 0 saturated carbocycles. The molecule has 22 heavy (non-hydrogen) atoms. The number of amides is 2. The van der Waals surface area contributed by atoms with Crippen LogP contribution in [0.5, 0.6) is 0 Å². The summed E-state index contributed by atoms with van der Waals surface area (Å²) in [7, 11) is 0. The summed E-state index contributed by atoms with van der Waals surface area (Å²) in [5.41, 5.74) is 1.10. The first-order chi connectivity index (χ1) is 10.6. The SMILES string of the molecule is O=C(CCNC(=O)c1ccccc1Cl)Nc1ccccc1Br. The number of para-hydroxylation sites is 1. The number of rotatable bonds is 5. The largest absolute Gasteiger partial charge is 0.351 e. The molecule has 0 aliphatic heterocycles. The zero-order valence-corrected chi connectivity index (χ0v) is 13.9. The number of carbonyl (C=O) groups is 2. The van der Waals surface area contributed by atoms with Crippen molar-refractivity contribution in [2.24, 2.45) is 0 Å². The fourth-order valence-electron chi connectivity index (χ4n) is 1.81. The van der Waals surface area contributed by atoms with Crippen LogP contribution >= 0.6 is 27.5 Å². The van der Waals surface area contributed by atoms with Crippen LogP contribution < -0.4 is 10.6 Å². The average molecular weight is 382 g/mol. The molecule has 4 nitrogen and oxygen atoms in total. The van der Waals surface area contributed by atoms with E-state index >= 15 is 0 Å². The molecule has 0 aromatic heterocycles. The van der Waals surface area contributed by atoms with Gasteiger partial charge in [0.1, 0.15) is 0 Å². The van der Waals surface area contributed by atoms with Gasteiger partial charge in [0.05, 0.1) is 16.3 Å². The predicted molar refractivity (Wildman–Crippen MR) is 91.2 cm³/mol. The Balaban J connectivity index is 1.81. The lowest BCUT2D eigenvalue weighted by molar-refractivity contribution is -0.116. The Kier molecular flexibility index (Phi) is 5.98. The highest BCUT2D eigenvalue weighted by molar-refractivity contribution is 9.10. The molecular formula is C16H14BrClN2O2. The molecule has 0 spiro atoms. The fourth-order valence-corrected chi connectivity index (χ4v) is 2.41. The van der Waals surface area contributed by atoms with Crippen molar-refractivity contribution < 1.29 is 9.59 Å². The van der Waals surface area contributed by atoms with E-state index in [0.717, 1.165) is 4.47 Å². The molecule has 2 aromatic rings. The van der Waals surface area contributed by atoms with Crippen molar-refractivity contribution >= 4 is 45.0 Å². The highest BCUT2D eigenvalue weighted by Gasteiger charge is 2.10. The van der Waals surface area contributed by atoms with E-state index in [2.05, 4.69) is 26.6 Å². The minimum Gasteiger partial charge on any atom is -0.351 e. The van der Waals surface area contributed by atoms with Crippen LogP contribution in [0, 0.1) is 0 Å². The molecule has 0 aliphatic carbocycles. The van der Waals surface area contributed by atoms with Gasteiger partial charge in [0, 0.05) is 17.4 Å². The number of benzene rings is 2. The molecule has 0 saturated heterocycles. The molecule has 0 fully saturated rings. The maximum atomic E-state index is 11.9. The summed E-state index contributed by atoms with van der Waals surface area (Å²) >= 11 is 9.30. The molecule has 2 amide bonds. The van der Waals surface area contributed by atoms with Crippen LogP contribution in [-0.2, 0) is 4.79 Å². The third-order valence-electron chi connectivity index (χ3n) is 2.90. The number of hydrogen-bond donors (Lipinski definition) is 2. The van der Waals surface area contributed by atoms with E-state index in [1.807, 2.05) is 18.2 Å². The van der Waals surface area contributed by atoms with Crippen molar-refractivity contribution in [1.82, 2.24) is 5.32 Å². The van der Waals surface area contributed by atoms with Gasteiger partial charge in [-0.25, -0.2) is 0 Å². The summed E-state index contributed by atoms with van der Waals surface area (Å²) < 4.78 is 0.809. The monoisotopic (exact) mass is 380 g/mol. The number of anilines is 1. The lowest BCUT2D eigenvalue weighted by Gasteiger charge is -2.08. The Morgan fingerprint density at radius 1 is 1.05 bits per heavy atom. The molecule has 0 aliphatic rings. The fraction of sp³-hybridized carbons (Fsp3) is 0.125. The summed E-state index contributed by atoms with van der Waals surface area (Å²) in [5.74, 6) is -0.467. The number of nitrogens with one attached hydrogen (secondary N) is 2. The summed E-state index contributed by atoms with van der Waals surface area (Å²) in [6.07, 6.45) is 0.178. The van der Waals surface area contributed by atoms with Crippen LogP contribution in [-0.4, -0.2) is 18.4 Å². The topological polar surface area (TPSA) is 58.2 Å². The smallest absolute Gasteiger partial charge is 0.252 e. The second-order valence-corrected chi connectivity index (χ2v) is 5.78. The van der Waals surface area contributed by atoms with Crippen molar-refractivity contribution in [3.05, 3.63) is 63.6 Å². The van der Waals surface area contributed by atoms with Gasteiger partial charge in [-0.3, -0.25) is 9.59 Å². The third-order valence-corrected chi connectivity index (χ3v) is 3.93. The maximum Gasteiger partial charge on any atom is 0.252 e. The van der Waals surface area contributed by atoms with Crippen molar-refractivity contribution in [1.29, 1.82) is 0 Å². The van der Waals surface area contributed by atoms with Crippen LogP contribution in [0.3, 0.4) is 0 Å². The van der Waals surface area contributed by atoms with Gasteiger partial charge < -0.3 is 10.6 Å². The molecular weight excluding hydrogens is 368 g/mol. The first-order valence-electron chi connectivity index (χ1n) is 6.65. The standard InChI is InChI=1S/C16H14BrClN2O2/c17-12-6-2-4-8-14(12)20-15(21)9-10-19-16(22)11-5-1-3-7-13(11)18/h1-8H,9-10H2,(H,19,22)(H,20,21). The first-order valence-corrected chi connectivity index (χ1v) is 7.82. The number of halogens is 2. The summed E-state index contributed by atoms with van der Waals surface area (Å²) in [5, 5.41) is 5.83. The third kappa shape index (κ3) is 4.58. The van der Waals surface area contributed by atoms with Gasteiger partial charge in [-0.05, 0) is 40.2 Å². The minimum atomic E-state index is -0.292. The normalized spacial score (nSPS) is 10.1. The van der Waals surface area contributed by atoms with Crippen LogP contribution in [0.4, 0.5) is 5.69 Å². The summed E-state index contributed by atoms with van der Waals surface area (Å²) in [6, 6.07) is 14.1. The molecule has 0 atom stereocenters. The quantitative estimate of drug-likeness (QED) is 0.826. The molecule has 0 bridgehead atoms. The van der Waals surface area contributed by atoms with Crippen LogP contribution in [0.2, 0.25) is 5.02 Å². The second-order valence-electron chi connectivity index (χ2n) is 4.51. The molecule has 0 heterocycles. The Hall–Kier alpha value is -1.85. The predicted octanol–water partition coefficient (Wildman–Crippen LogP) is 3.86.